The maximum absolute atomic E-state index is 13.0. The summed E-state index contributed by atoms with van der Waals surface area (Å²) in [5.74, 6) is -0.163. The second-order valence-electron chi connectivity index (χ2n) is 7.55. The van der Waals surface area contributed by atoms with Crippen molar-refractivity contribution in [2.24, 2.45) is 0 Å². The highest BCUT2D eigenvalue weighted by Gasteiger charge is 2.33. The molecule has 0 saturated carbocycles. The van der Waals surface area contributed by atoms with E-state index in [2.05, 4.69) is 5.32 Å². The molecule has 0 radical (unpaired) electrons. The molecule has 2 N–H and O–H groups in total. The van der Waals surface area contributed by atoms with Gasteiger partial charge < -0.3 is 10.2 Å². The van der Waals surface area contributed by atoms with Gasteiger partial charge in [-0.15, -0.1) is 0 Å². The zero-order chi connectivity index (χ0) is 23.3. The zero-order valence-corrected chi connectivity index (χ0v) is 18.5. The molecule has 0 aromatic heterocycles. The Hall–Kier alpha value is -2.80. The van der Waals surface area contributed by atoms with E-state index < -0.39 is 11.9 Å². The zero-order valence-electron chi connectivity index (χ0n) is 17.7. The number of halogens is 4. The number of nitrogens with one attached hydrogen (secondary N) is 2. The van der Waals surface area contributed by atoms with Crippen molar-refractivity contribution in [1.29, 1.82) is 5.41 Å². The molecule has 0 fully saturated rings. The molecule has 0 bridgehead atoms. The highest BCUT2D eigenvalue weighted by molar-refractivity contribution is 6.33. The van der Waals surface area contributed by atoms with Crippen molar-refractivity contribution in [3.63, 3.8) is 0 Å². The lowest BCUT2D eigenvalue weighted by Crippen LogP contribution is -2.42. The van der Waals surface area contributed by atoms with Gasteiger partial charge in [0.25, 0.3) is 5.91 Å². The van der Waals surface area contributed by atoms with E-state index in [9.17, 15) is 18.0 Å². The van der Waals surface area contributed by atoms with Gasteiger partial charge in [-0.05, 0) is 63.6 Å². The number of anilines is 1. The van der Waals surface area contributed by atoms with Gasteiger partial charge in [0.2, 0.25) is 0 Å². The molecule has 0 heterocycles. The minimum atomic E-state index is -4.79. The van der Waals surface area contributed by atoms with Crippen molar-refractivity contribution in [2.45, 2.75) is 46.0 Å². The van der Waals surface area contributed by atoms with Crippen molar-refractivity contribution in [1.82, 2.24) is 4.90 Å². The van der Waals surface area contributed by atoms with Crippen molar-refractivity contribution in [3.05, 3.63) is 70.8 Å². The fourth-order valence-corrected chi connectivity index (χ4v) is 3.32. The topological polar surface area (TPSA) is 56.2 Å². The molecule has 2 aromatic rings. The smallest absolute Gasteiger partial charge is 0.354 e. The molecule has 31 heavy (non-hydrogen) atoms. The van der Waals surface area contributed by atoms with Crippen LogP contribution in [0.1, 0.15) is 43.6 Å². The summed E-state index contributed by atoms with van der Waals surface area (Å²) in [6.07, 6.45) is -4.09. The molecule has 0 aliphatic rings. The Morgan fingerprint density at radius 2 is 1.52 bits per heavy atom. The summed E-state index contributed by atoms with van der Waals surface area (Å²) in [7, 11) is 0. The first kappa shape index (κ1) is 24.5. The van der Waals surface area contributed by atoms with Crippen LogP contribution in [0.2, 0.25) is 5.02 Å². The second kappa shape index (κ2) is 10.0. The normalized spacial score (nSPS) is 12.3. The maximum atomic E-state index is 13.0. The summed E-state index contributed by atoms with van der Waals surface area (Å²) in [6, 6.07) is 12.8. The monoisotopic (exact) mass is 451 g/mol. The van der Waals surface area contributed by atoms with Crippen LogP contribution in [0.5, 0.6) is 0 Å². The second-order valence-corrected chi connectivity index (χ2v) is 7.96. The molecule has 2 aromatic carbocycles. The van der Waals surface area contributed by atoms with E-state index in [0.717, 1.165) is 0 Å². The number of benzene rings is 2. The molecular weight excluding hydrogens is 427 g/mol. The number of carbonyl (C=O) groups excluding carboxylic acids is 1. The predicted octanol–water partition coefficient (Wildman–Crippen LogP) is 6.63. The lowest BCUT2D eigenvalue weighted by molar-refractivity contribution is -0.0583. The van der Waals surface area contributed by atoms with Crippen LogP contribution in [0.15, 0.2) is 54.6 Å². The summed E-state index contributed by atoms with van der Waals surface area (Å²) in [6.45, 7) is 7.68. The molecule has 0 atom stereocenters. The average Bonchev–Trinajstić information content (AvgIpc) is 2.67. The number of hydrogen-bond acceptors (Lipinski definition) is 3. The summed E-state index contributed by atoms with van der Waals surface area (Å²) in [4.78, 5) is 14.6. The van der Waals surface area contributed by atoms with E-state index in [0.29, 0.717) is 27.9 Å². The number of carbonyl (C=O) groups is 1. The molecule has 166 valence electrons. The number of hydrogen-bond donors (Lipinski definition) is 2. The van der Waals surface area contributed by atoms with Crippen LogP contribution >= 0.6 is 11.6 Å². The summed E-state index contributed by atoms with van der Waals surface area (Å²) in [5.41, 5.74) is -0.261. The van der Waals surface area contributed by atoms with Gasteiger partial charge in [0, 0.05) is 23.3 Å². The van der Waals surface area contributed by atoms with Crippen LogP contribution in [-0.2, 0) is 0 Å². The van der Waals surface area contributed by atoms with Gasteiger partial charge >= 0.3 is 6.18 Å². The van der Waals surface area contributed by atoms with E-state index in [1.165, 1.54) is 0 Å². The Labute approximate surface area is 185 Å². The first-order valence-electron chi connectivity index (χ1n) is 9.74. The lowest BCUT2D eigenvalue weighted by Gasteiger charge is -2.31. The Morgan fingerprint density at radius 1 is 1.00 bits per heavy atom. The van der Waals surface area contributed by atoms with Crippen molar-refractivity contribution in [3.8, 4) is 0 Å². The molecule has 2 rings (SSSR count). The van der Waals surface area contributed by atoms with Gasteiger partial charge in [-0.2, -0.15) is 13.2 Å². The molecule has 8 heteroatoms. The molecule has 0 aliphatic heterocycles. The van der Waals surface area contributed by atoms with Crippen LogP contribution < -0.4 is 5.32 Å². The highest BCUT2D eigenvalue weighted by Crippen LogP contribution is 2.28. The van der Waals surface area contributed by atoms with Crippen molar-refractivity contribution in [2.75, 3.05) is 5.32 Å². The van der Waals surface area contributed by atoms with Crippen LogP contribution in [-0.4, -0.2) is 34.8 Å². The highest BCUT2D eigenvalue weighted by atomic mass is 35.5. The van der Waals surface area contributed by atoms with Gasteiger partial charge in [-0.1, -0.05) is 35.9 Å². The van der Waals surface area contributed by atoms with E-state index in [4.69, 9.17) is 17.0 Å². The Bertz CT molecular complexity index is 959. The van der Waals surface area contributed by atoms with Gasteiger partial charge in [0.05, 0.1) is 10.7 Å². The van der Waals surface area contributed by atoms with Gasteiger partial charge in [-0.3, -0.25) is 10.2 Å². The Morgan fingerprint density at radius 3 is 2.00 bits per heavy atom. The number of amides is 1. The summed E-state index contributed by atoms with van der Waals surface area (Å²) in [5, 5.41) is 10.6. The van der Waals surface area contributed by atoms with Crippen molar-refractivity contribution < 1.29 is 18.0 Å². The summed E-state index contributed by atoms with van der Waals surface area (Å²) < 4.78 is 38.9. The molecule has 1 amide bonds. The standard InChI is InChI=1S/C23H25ClF3N3O/c1-14(2)30(15(3)4)22(31)17-11-9-16(10-12-17)20(13-21(28)23(25,26)27)29-19-8-6-5-7-18(19)24/h5-15,28-29H,1-4H3/b20-13-,28-21?. The molecule has 0 saturated heterocycles. The lowest BCUT2D eigenvalue weighted by atomic mass is 10.1. The third-order valence-corrected chi connectivity index (χ3v) is 4.86. The Kier molecular flexibility index (Phi) is 7.90. The van der Waals surface area contributed by atoms with E-state index in [1.807, 2.05) is 27.7 Å². The number of rotatable bonds is 7. The van der Waals surface area contributed by atoms with Crippen LogP contribution in [0, 0.1) is 5.41 Å². The molecule has 0 spiro atoms. The third-order valence-electron chi connectivity index (χ3n) is 4.53. The average molecular weight is 452 g/mol. The van der Waals surface area contributed by atoms with E-state index in [1.54, 1.807) is 53.4 Å². The van der Waals surface area contributed by atoms with Crippen LogP contribution in [0.25, 0.3) is 5.70 Å². The number of allylic oxidation sites excluding steroid dienone is 1. The molecular formula is C23H25ClF3N3O. The minimum Gasteiger partial charge on any atom is -0.354 e. The molecule has 4 nitrogen and oxygen atoms in total. The maximum Gasteiger partial charge on any atom is 0.432 e. The van der Waals surface area contributed by atoms with Gasteiger partial charge in [0.15, 0.2) is 0 Å². The van der Waals surface area contributed by atoms with Crippen LogP contribution in [0.4, 0.5) is 18.9 Å². The first-order valence-corrected chi connectivity index (χ1v) is 10.1. The fraction of sp³-hybridized carbons (Fsp3) is 0.304. The third kappa shape index (κ3) is 6.34. The minimum absolute atomic E-state index is 0.00298. The van der Waals surface area contributed by atoms with Crippen molar-refractivity contribution >= 4 is 34.6 Å². The number of para-hydroxylation sites is 1. The largest absolute Gasteiger partial charge is 0.432 e. The van der Waals surface area contributed by atoms with E-state index in [-0.39, 0.29) is 23.7 Å². The SMILES string of the molecule is CC(C)N(C(=O)c1ccc(/C(=C/C(=N)C(F)(F)F)Nc2ccccc2Cl)cc1)C(C)C. The van der Waals surface area contributed by atoms with Gasteiger partial charge in [-0.25, -0.2) is 0 Å². The number of alkyl halides is 3. The van der Waals surface area contributed by atoms with E-state index >= 15 is 0 Å². The quantitative estimate of drug-likeness (QED) is 0.464. The molecule has 0 unspecified atom stereocenters. The van der Waals surface area contributed by atoms with Gasteiger partial charge in [0.1, 0.15) is 5.71 Å². The van der Waals surface area contributed by atoms with Crippen LogP contribution in [0.3, 0.4) is 0 Å². The predicted molar refractivity (Wildman–Crippen MR) is 120 cm³/mol. The fourth-order valence-electron chi connectivity index (χ4n) is 3.13. The molecule has 0 aliphatic carbocycles. The summed E-state index contributed by atoms with van der Waals surface area (Å²) >= 11 is 6.13. The number of nitrogens with zero attached hydrogens (tertiary/aromatic N) is 1. The first-order chi connectivity index (χ1) is 14.4. The Balaban J connectivity index is 2.43.